The molecule has 1 fully saturated rings. The number of hydrogen-bond acceptors (Lipinski definition) is 6. The van der Waals surface area contributed by atoms with Crippen molar-refractivity contribution in [1.29, 1.82) is 0 Å². The molecule has 1 aromatic rings. The van der Waals surface area contributed by atoms with E-state index < -0.39 is 6.23 Å². The fourth-order valence-electron chi connectivity index (χ4n) is 1.85. The van der Waals surface area contributed by atoms with E-state index in [1.54, 1.807) is 17.0 Å². The van der Waals surface area contributed by atoms with E-state index in [2.05, 4.69) is 0 Å². The number of nitrogen functional groups attached to an aromatic ring is 1. The van der Waals surface area contributed by atoms with E-state index in [4.69, 9.17) is 16.2 Å². The molecule has 5 N–H and O–H groups in total. The number of anilines is 2. The zero-order valence-corrected chi connectivity index (χ0v) is 9.24. The van der Waals surface area contributed by atoms with Crippen molar-refractivity contribution in [2.24, 2.45) is 5.73 Å². The molecular weight excluding hydrogens is 222 g/mol. The minimum absolute atomic E-state index is 0.0203. The molecule has 0 spiro atoms. The van der Waals surface area contributed by atoms with Crippen molar-refractivity contribution in [2.75, 3.05) is 23.7 Å². The highest BCUT2D eigenvalue weighted by molar-refractivity contribution is 5.69. The molecule has 0 saturated carbocycles. The molecule has 2 rings (SSSR count). The van der Waals surface area contributed by atoms with Gasteiger partial charge in [0.25, 0.3) is 0 Å². The van der Waals surface area contributed by atoms with Gasteiger partial charge in [0, 0.05) is 18.8 Å². The van der Waals surface area contributed by atoms with E-state index in [0.717, 1.165) is 12.0 Å². The van der Waals surface area contributed by atoms with Crippen LogP contribution in [0.3, 0.4) is 0 Å². The molecule has 1 heterocycles. The third-order valence-corrected chi connectivity index (χ3v) is 2.76. The van der Waals surface area contributed by atoms with Crippen LogP contribution in [0.4, 0.5) is 11.4 Å². The number of nitrogens with two attached hydrogens (primary N) is 2. The number of carbonyl (C=O) groups is 1. The molecule has 1 unspecified atom stereocenters. The van der Waals surface area contributed by atoms with Crippen molar-refractivity contribution >= 4 is 17.7 Å². The standard InChI is InChI=1S/C11H15N3O3/c12-4-8-5-14(11(6-15)17-8)7-1-2-10(16)9(13)3-7/h1-3,6,8,11,16H,4-5,12-13H2/t8-,11?/m0/s1. The summed E-state index contributed by atoms with van der Waals surface area (Å²) in [5.74, 6) is 0.0203. The summed E-state index contributed by atoms with van der Waals surface area (Å²) in [6, 6.07) is 4.78. The summed E-state index contributed by atoms with van der Waals surface area (Å²) in [5, 5.41) is 9.34. The van der Waals surface area contributed by atoms with E-state index in [-0.39, 0.29) is 17.5 Å². The number of phenols is 1. The van der Waals surface area contributed by atoms with Crippen LogP contribution in [-0.2, 0) is 9.53 Å². The molecule has 0 bridgehead atoms. The van der Waals surface area contributed by atoms with Crippen LogP contribution >= 0.6 is 0 Å². The van der Waals surface area contributed by atoms with Crippen molar-refractivity contribution in [3.05, 3.63) is 18.2 Å². The maximum atomic E-state index is 10.9. The SMILES string of the molecule is NC[C@H]1CN(c2ccc(O)c(N)c2)C(C=O)O1. The van der Waals surface area contributed by atoms with Crippen LogP contribution in [0, 0.1) is 0 Å². The maximum Gasteiger partial charge on any atom is 0.187 e. The van der Waals surface area contributed by atoms with Gasteiger partial charge in [0.2, 0.25) is 0 Å². The largest absolute Gasteiger partial charge is 0.506 e. The molecule has 17 heavy (non-hydrogen) atoms. The van der Waals surface area contributed by atoms with Crippen LogP contribution in [-0.4, -0.2) is 36.8 Å². The van der Waals surface area contributed by atoms with Crippen LogP contribution in [0.15, 0.2) is 18.2 Å². The Labute approximate surface area is 98.8 Å². The molecule has 6 heteroatoms. The molecule has 1 aliphatic heterocycles. The number of rotatable bonds is 3. The molecule has 1 saturated heterocycles. The quantitative estimate of drug-likeness (QED) is 0.378. The molecule has 1 aliphatic rings. The van der Waals surface area contributed by atoms with Crippen LogP contribution in [0.25, 0.3) is 0 Å². The van der Waals surface area contributed by atoms with Crippen LogP contribution in [0.2, 0.25) is 0 Å². The molecule has 0 radical (unpaired) electrons. The van der Waals surface area contributed by atoms with Crippen LogP contribution < -0.4 is 16.4 Å². The van der Waals surface area contributed by atoms with Gasteiger partial charge in [-0.05, 0) is 18.2 Å². The van der Waals surface area contributed by atoms with Gasteiger partial charge in [0.15, 0.2) is 12.5 Å². The van der Waals surface area contributed by atoms with E-state index in [1.165, 1.54) is 6.07 Å². The van der Waals surface area contributed by atoms with E-state index in [0.29, 0.717) is 13.1 Å². The van der Waals surface area contributed by atoms with E-state index in [1.807, 2.05) is 0 Å². The van der Waals surface area contributed by atoms with Gasteiger partial charge in [-0.3, -0.25) is 4.79 Å². The van der Waals surface area contributed by atoms with Gasteiger partial charge >= 0.3 is 0 Å². The number of phenolic OH excluding ortho intramolecular Hbond substituents is 1. The normalized spacial score (nSPS) is 23.9. The first kappa shape index (κ1) is 11.7. The third-order valence-electron chi connectivity index (χ3n) is 2.76. The average molecular weight is 237 g/mol. The zero-order valence-electron chi connectivity index (χ0n) is 9.24. The van der Waals surface area contributed by atoms with Gasteiger partial charge in [0.05, 0.1) is 11.8 Å². The number of carbonyl (C=O) groups excluding carboxylic acids is 1. The first-order valence-electron chi connectivity index (χ1n) is 5.31. The van der Waals surface area contributed by atoms with Crippen molar-refractivity contribution in [2.45, 2.75) is 12.3 Å². The molecule has 0 aliphatic carbocycles. The molecule has 0 amide bonds. The molecular formula is C11H15N3O3. The highest BCUT2D eigenvalue weighted by Gasteiger charge is 2.32. The summed E-state index contributed by atoms with van der Waals surface area (Å²) < 4.78 is 5.43. The van der Waals surface area contributed by atoms with Gasteiger partial charge in [-0.15, -0.1) is 0 Å². The summed E-state index contributed by atoms with van der Waals surface area (Å²) in [5.41, 5.74) is 12.1. The lowest BCUT2D eigenvalue weighted by molar-refractivity contribution is -0.117. The fraction of sp³-hybridized carbons (Fsp3) is 0.364. The van der Waals surface area contributed by atoms with Crippen LogP contribution in [0.5, 0.6) is 5.75 Å². The van der Waals surface area contributed by atoms with Crippen molar-refractivity contribution in [3.63, 3.8) is 0 Å². The van der Waals surface area contributed by atoms with Gasteiger partial charge in [-0.1, -0.05) is 0 Å². The predicted octanol–water partition coefficient (Wildman–Crippen LogP) is -0.337. The number of aromatic hydroxyl groups is 1. The van der Waals surface area contributed by atoms with Crippen molar-refractivity contribution in [1.82, 2.24) is 0 Å². The first-order valence-corrected chi connectivity index (χ1v) is 5.31. The van der Waals surface area contributed by atoms with Gasteiger partial charge in [0.1, 0.15) is 5.75 Å². The zero-order chi connectivity index (χ0) is 12.4. The van der Waals surface area contributed by atoms with Crippen molar-refractivity contribution in [3.8, 4) is 5.75 Å². The van der Waals surface area contributed by atoms with Crippen molar-refractivity contribution < 1.29 is 14.6 Å². The summed E-state index contributed by atoms with van der Waals surface area (Å²) in [7, 11) is 0. The maximum absolute atomic E-state index is 10.9. The fourth-order valence-corrected chi connectivity index (χ4v) is 1.85. The smallest absolute Gasteiger partial charge is 0.187 e. The van der Waals surface area contributed by atoms with Gasteiger partial charge < -0.3 is 26.2 Å². The van der Waals surface area contributed by atoms with Gasteiger partial charge in [-0.2, -0.15) is 0 Å². The summed E-state index contributed by atoms with van der Waals surface area (Å²) in [4.78, 5) is 12.7. The second-order valence-corrected chi connectivity index (χ2v) is 3.92. The average Bonchev–Trinajstić information content (AvgIpc) is 2.76. The van der Waals surface area contributed by atoms with E-state index >= 15 is 0 Å². The monoisotopic (exact) mass is 237 g/mol. The minimum atomic E-state index is -0.646. The highest BCUT2D eigenvalue weighted by Crippen LogP contribution is 2.29. The number of nitrogens with zero attached hydrogens (tertiary/aromatic N) is 1. The molecule has 0 aromatic heterocycles. The lowest BCUT2D eigenvalue weighted by atomic mass is 10.2. The Kier molecular flexibility index (Phi) is 3.16. The van der Waals surface area contributed by atoms with Gasteiger partial charge in [-0.25, -0.2) is 0 Å². The summed E-state index contributed by atoms with van der Waals surface area (Å²) >= 11 is 0. The van der Waals surface area contributed by atoms with E-state index in [9.17, 15) is 9.90 Å². The molecule has 1 aromatic carbocycles. The molecule has 6 nitrogen and oxygen atoms in total. The Balaban J connectivity index is 2.25. The Morgan fingerprint density at radius 2 is 2.35 bits per heavy atom. The highest BCUT2D eigenvalue weighted by atomic mass is 16.5. The number of benzene rings is 1. The number of hydrogen-bond donors (Lipinski definition) is 3. The number of aldehydes is 1. The summed E-state index contributed by atoms with van der Waals surface area (Å²) in [6.45, 7) is 0.887. The first-order chi connectivity index (χ1) is 8.15. The third kappa shape index (κ3) is 2.17. The lowest BCUT2D eigenvalue weighted by Crippen LogP contribution is -2.31. The second-order valence-electron chi connectivity index (χ2n) is 3.92. The molecule has 92 valence electrons. The summed E-state index contributed by atoms with van der Waals surface area (Å²) in [6.07, 6.45) is -0.0914. The predicted molar refractivity (Wildman–Crippen MR) is 63.6 cm³/mol. The Hall–Kier alpha value is -1.79. The lowest BCUT2D eigenvalue weighted by Gasteiger charge is -2.21. The Morgan fingerprint density at radius 3 is 2.94 bits per heavy atom. The Bertz CT molecular complexity index is 424. The Morgan fingerprint density at radius 1 is 1.59 bits per heavy atom. The minimum Gasteiger partial charge on any atom is -0.506 e. The van der Waals surface area contributed by atoms with Crippen LogP contribution in [0.1, 0.15) is 0 Å². The number of ether oxygens (including phenoxy) is 1. The molecule has 2 atom stereocenters. The topological polar surface area (TPSA) is 102 Å². The second kappa shape index (κ2) is 4.60.